The van der Waals surface area contributed by atoms with Crippen LogP contribution >= 0.6 is 0 Å². The average Bonchev–Trinajstić information content (AvgIpc) is 3.08. The van der Waals surface area contributed by atoms with Crippen LogP contribution in [0.5, 0.6) is 0 Å². The topological polar surface area (TPSA) is 96.8 Å². The minimum absolute atomic E-state index is 0.0540. The van der Waals surface area contributed by atoms with Gasteiger partial charge >= 0.3 is 0 Å². The number of nitrogens with one attached hydrogen (secondary N) is 1. The number of nitrogens with zero attached hydrogens (tertiary/aromatic N) is 5. The van der Waals surface area contributed by atoms with Gasteiger partial charge in [0.05, 0.1) is 6.42 Å². The van der Waals surface area contributed by atoms with Crippen LogP contribution in [0.2, 0.25) is 0 Å². The molecule has 0 radical (unpaired) electrons. The number of rotatable bonds is 4. The summed E-state index contributed by atoms with van der Waals surface area (Å²) in [6, 6.07) is 3.12. The number of H-pyrrole nitrogens is 1. The zero-order chi connectivity index (χ0) is 20.5. The smallest absolute Gasteiger partial charge is 0.281 e. The summed E-state index contributed by atoms with van der Waals surface area (Å²) in [7, 11) is 0. The maximum Gasteiger partial charge on any atom is 0.281 e. The SMILES string of the molecule is Cc1nc2c(nnn2C[C@@H]2CCCN(C(=O)Cc3cc(F)ccc3F)C2)c(=O)[nH]1. The summed E-state index contributed by atoms with van der Waals surface area (Å²) in [6.45, 7) is 3.19. The Kier molecular flexibility index (Phi) is 5.08. The Morgan fingerprint density at radius 3 is 3.00 bits per heavy atom. The van der Waals surface area contributed by atoms with Gasteiger partial charge in [-0.25, -0.2) is 18.4 Å². The van der Waals surface area contributed by atoms with Gasteiger partial charge in [0.2, 0.25) is 5.91 Å². The molecule has 10 heteroatoms. The largest absolute Gasteiger partial charge is 0.342 e. The first-order chi connectivity index (χ1) is 13.9. The summed E-state index contributed by atoms with van der Waals surface area (Å²) < 4.78 is 28.8. The molecule has 152 valence electrons. The van der Waals surface area contributed by atoms with Crippen LogP contribution in [0.4, 0.5) is 8.78 Å². The third-order valence-electron chi connectivity index (χ3n) is 5.14. The Labute approximate surface area is 164 Å². The molecular formula is C19H20F2N6O2. The second kappa shape index (κ2) is 7.69. The third-order valence-corrected chi connectivity index (χ3v) is 5.14. The molecule has 2 aromatic heterocycles. The number of hydrogen-bond donors (Lipinski definition) is 1. The number of likely N-dealkylation sites (tertiary alicyclic amines) is 1. The lowest BCUT2D eigenvalue weighted by atomic mass is 9.97. The van der Waals surface area contributed by atoms with E-state index in [9.17, 15) is 18.4 Å². The summed E-state index contributed by atoms with van der Waals surface area (Å²) in [5.74, 6) is -0.830. The molecule has 0 bridgehead atoms. The van der Waals surface area contributed by atoms with Gasteiger partial charge in [0.1, 0.15) is 17.5 Å². The lowest BCUT2D eigenvalue weighted by Crippen LogP contribution is -2.42. The molecule has 0 unspecified atom stereocenters. The van der Waals surface area contributed by atoms with E-state index in [-0.39, 0.29) is 34.9 Å². The molecule has 1 aromatic carbocycles. The zero-order valence-corrected chi connectivity index (χ0v) is 15.9. The number of fused-ring (bicyclic) bond motifs is 1. The molecule has 1 saturated heterocycles. The predicted octanol–water partition coefficient (Wildman–Crippen LogP) is 1.58. The first-order valence-electron chi connectivity index (χ1n) is 9.42. The highest BCUT2D eigenvalue weighted by Gasteiger charge is 2.26. The number of benzene rings is 1. The molecule has 0 aliphatic carbocycles. The van der Waals surface area contributed by atoms with E-state index < -0.39 is 11.6 Å². The fourth-order valence-corrected chi connectivity index (χ4v) is 3.74. The second-order valence-electron chi connectivity index (χ2n) is 7.36. The molecule has 0 spiro atoms. The fraction of sp³-hybridized carbons (Fsp3) is 0.421. The Morgan fingerprint density at radius 1 is 1.34 bits per heavy atom. The lowest BCUT2D eigenvalue weighted by molar-refractivity contribution is -0.132. The number of carbonyl (C=O) groups is 1. The standard InChI is InChI=1S/C19H20F2N6O2/c1-11-22-18-17(19(29)23-11)24-25-27(18)10-12-3-2-6-26(9-12)16(28)8-13-7-14(20)4-5-15(13)21/h4-5,7,12H,2-3,6,8-10H2,1H3,(H,22,23,29)/t12-/m1/s1. The van der Waals surface area contributed by atoms with Crippen LogP contribution in [-0.4, -0.2) is 48.9 Å². The van der Waals surface area contributed by atoms with Crippen LogP contribution in [-0.2, 0) is 17.8 Å². The summed E-state index contributed by atoms with van der Waals surface area (Å²) in [4.78, 5) is 33.2. The van der Waals surface area contributed by atoms with Crippen molar-refractivity contribution in [1.82, 2.24) is 29.9 Å². The van der Waals surface area contributed by atoms with Crippen molar-refractivity contribution in [3.63, 3.8) is 0 Å². The van der Waals surface area contributed by atoms with E-state index in [1.807, 2.05) is 0 Å². The van der Waals surface area contributed by atoms with Crippen molar-refractivity contribution in [2.75, 3.05) is 13.1 Å². The van der Waals surface area contributed by atoms with Gasteiger partial charge in [-0.15, -0.1) is 5.10 Å². The highest BCUT2D eigenvalue weighted by molar-refractivity contribution is 5.79. The molecule has 3 heterocycles. The monoisotopic (exact) mass is 402 g/mol. The van der Waals surface area contributed by atoms with Gasteiger partial charge in [-0.05, 0) is 43.9 Å². The molecule has 1 amide bonds. The van der Waals surface area contributed by atoms with Gasteiger partial charge in [-0.2, -0.15) is 0 Å². The highest BCUT2D eigenvalue weighted by atomic mass is 19.1. The predicted molar refractivity (Wildman–Crippen MR) is 100 cm³/mol. The number of amides is 1. The summed E-state index contributed by atoms with van der Waals surface area (Å²) in [6.07, 6.45) is 1.49. The molecule has 1 aliphatic heterocycles. The first kappa shape index (κ1) is 19.2. The van der Waals surface area contributed by atoms with E-state index in [0.717, 1.165) is 31.0 Å². The molecule has 4 rings (SSSR count). The van der Waals surface area contributed by atoms with Crippen LogP contribution < -0.4 is 5.56 Å². The van der Waals surface area contributed by atoms with Crippen LogP contribution in [0, 0.1) is 24.5 Å². The lowest BCUT2D eigenvalue weighted by Gasteiger charge is -2.32. The van der Waals surface area contributed by atoms with E-state index in [1.165, 1.54) is 0 Å². The Bertz CT molecular complexity index is 1130. The van der Waals surface area contributed by atoms with Crippen molar-refractivity contribution >= 4 is 17.1 Å². The Hall–Kier alpha value is -3.17. The zero-order valence-electron chi connectivity index (χ0n) is 15.9. The number of hydrogen-bond acceptors (Lipinski definition) is 5. The fourth-order valence-electron chi connectivity index (χ4n) is 3.74. The molecule has 1 atom stereocenters. The van der Waals surface area contributed by atoms with E-state index in [0.29, 0.717) is 31.1 Å². The maximum absolute atomic E-state index is 13.8. The van der Waals surface area contributed by atoms with Gasteiger partial charge in [0.15, 0.2) is 11.2 Å². The van der Waals surface area contributed by atoms with E-state index in [2.05, 4.69) is 20.3 Å². The van der Waals surface area contributed by atoms with Crippen LogP contribution in [0.1, 0.15) is 24.2 Å². The van der Waals surface area contributed by atoms with Crippen LogP contribution in [0.25, 0.3) is 11.2 Å². The van der Waals surface area contributed by atoms with Gasteiger partial charge in [0, 0.05) is 25.2 Å². The van der Waals surface area contributed by atoms with Crippen LogP contribution in [0.15, 0.2) is 23.0 Å². The number of aromatic amines is 1. The molecule has 1 aliphatic rings. The van der Waals surface area contributed by atoms with Crippen molar-refractivity contribution in [2.24, 2.45) is 5.92 Å². The number of halogens is 2. The molecule has 8 nitrogen and oxygen atoms in total. The van der Waals surface area contributed by atoms with Crippen molar-refractivity contribution < 1.29 is 13.6 Å². The molecule has 1 fully saturated rings. The minimum Gasteiger partial charge on any atom is -0.342 e. The van der Waals surface area contributed by atoms with Crippen molar-refractivity contribution in [3.05, 3.63) is 51.6 Å². The molecule has 1 N–H and O–H groups in total. The number of piperidine rings is 1. The van der Waals surface area contributed by atoms with Crippen molar-refractivity contribution in [3.8, 4) is 0 Å². The third kappa shape index (κ3) is 4.01. The Balaban J connectivity index is 1.47. The number of aryl methyl sites for hydroxylation is 1. The molecule has 3 aromatic rings. The van der Waals surface area contributed by atoms with E-state index >= 15 is 0 Å². The molecule has 0 saturated carbocycles. The summed E-state index contributed by atoms with van der Waals surface area (Å²) >= 11 is 0. The normalized spacial score (nSPS) is 17.1. The molecular weight excluding hydrogens is 382 g/mol. The summed E-state index contributed by atoms with van der Waals surface area (Å²) in [5.41, 5.74) is 0.312. The van der Waals surface area contributed by atoms with Crippen molar-refractivity contribution in [2.45, 2.75) is 32.7 Å². The van der Waals surface area contributed by atoms with Gasteiger partial charge in [0.25, 0.3) is 5.56 Å². The van der Waals surface area contributed by atoms with Gasteiger partial charge in [-0.1, -0.05) is 5.21 Å². The maximum atomic E-state index is 13.8. The summed E-state index contributed by atoms with van der Waals surface area (Å²) in [5, 5.41) is 7.94. The second-order valence-corrected chi connectivity index (χ2v) is 7.36. The van der Waals surface area contributed by atoms with Crippen molar-refractivity contribution in [1.29, 1.82) is 0 Å². The first-order valence-corrected chi connectivity index (χ1v) is 9.42. The van der Waals surface area contributed by atoms with Gasteiger partial charge in [-0.3, -0.25) is 9.59 Å². The van der Waals surface area contributed by atoms with Crippen LogP contribution in [0.3, 0.4) is 0 Å². The highest BCUT2D eigenvalue weighted by Crippen LogP contribution is 2.21. The minimum atomic E-state index is -0.589. The number of aromatic nitrogens is 5. The van der Waals surface area contributed by atoms with E-state index in [1.54, 1.807) is 16.5 Å². The average molecular weight is 402 g/mol. The Morgan fingerprint density at radius 2 is 2.17 bits per heavy atom. The van der Waals surface area contributed by atoms with Gasteiger partial charge < -0.3 is 9.88 Å². The molecule has 29 heavy (non-hydrogen) atoms. The van der Waals surface area contributed by atoms with E-state index in [4.69, 9.17) is 0 Å². The number of carbonyl (C=O) groups excluding carboxylic acids is 1. The quantitative estimate of drug-likeness (QED) is 0.715.